The largest absolute Gasteiger partial charge is 0.486 e. The van der Waals surface area contributed by atoms with Crippen molar-refractivity contribution in [1.29, 1.82) is 0 Å². The van der Waals surface area contributed by atoms with Crippen LogP contribution >= 0.6 is 11.6 Å². The number of hydrogen-bond acceptors (Lipinski definition) is 10. The van der Waals surface area contributed by atoms with Crippen molar-refractivity contribution >= 4 is 38.9 Å². The molecular weight excluding hydrogens is 532 g/mol. The first-order valence-electron chi connectivity index (χ1n) is 11.2. The topological polar surface area (TPSA) is 149 Å². The molecule has 0 fully saturated rings. The second-order valence-electron chi connectivity index (χ2n) is 8.18. The summed E-state index contributed by atoms with van der Waals surface area (Å²) in [5, 5.41) is 10.0. The second-order valence-corrected chi connectivity index (χ2v) is 10.7. The SMILES string of the molecule is C=C(CS(C)(=O)=O)C(=O)NCc1cc(-c2nccc(Nc3ccc(OCc4ccccn4)c(Cl)c3)n2)on1. The van der Waals surface area contributed by atoms with E-state index < -0.39 is 21.5 Å². The lowest BCUT2D eigenvalue weighted by atomic mass is 10.3. The molecule has 0 atom stereocenters. The molecule has 1 aromatic carbocycles. The lowest BCUT2D eigenvalue weighted by Gasteiger charge is -2.10. The van der Waals surface area contributed by atoms with Gasteiger partial charge in [0.25, 0.3) is 0 Å². The summed E-state index contributed by atoms with van der Waals surface area (Å²) >= 11 is 6.39. The van der Waals surface area contributed by atoms with Crippen LogP contribution in [0.1, 0.15) is 11.4 Å². The van der Waals surface area contributed by atoms with Crippen LogP contribution < -0.4 is 15.4 Å². The number of carbonyl (C=O) groups excluding carboxylic acids is 1. The molecule has 0 unspecified atom stereocenters. The second kappa shape index (κ2) is 11.8. The van der Waals surface area contributed by atoms with E-state index in [0.717, 1.165) is 11.9 Å². The molecule has 11 nitrogen and oxygen atoms in total. The maximum atomic E-state index is 12.0. The van der Waals surface area contributed by atoms with Crippen molar-refractivity contribution in [2.45, 2.75) is 13.2 Å². The van der Waals surface area contributed by atoms with Crippen LogP contribution in [0.4, 0.5) is 11.5 Å². The van der Waals surface area contributed by atoms with Crippen molar-refractivity contribution in [3.05, 3.63) is 89.5 Å². The number of anilines is 2. The summed E-state index contributed by atoms with van der Waals surface area (Å²) in [5.41, 5.74) is 1.80. The van der Waals surface area contributed by atoms with Gasteiger partial charge in [-0.05, 0) is 36.4 Å². The number of nitrogens with one attached hydrogen (secondary N) is 2. The lowest BCUT2D eigenvalue weighted by Crippen LogP contribution is -2.27. The van der Waals surface area contributed by atoms with E-state index in [-0.39, 0.29) is 23.7 Å². The zero-order valence-corrected chi connectivity index (χ0v) is 21.8. The van der Waals surface area contributed by atoms with Crippen LogP contribution in [0.5, 0.6) is 5.75 Å². The van der Waals surface area contributed by atoms with E-state index in [0.29, 0.717) is 34.6 Å². The molecule has 4 aromatic rings. The van der Waals surface area contributed by atoms with Gasteiger partial charge in [0.1, 0.15) is 23.9 Å². The maximum Gasteiger partial charge on any atom is 0.247 e. The van der Waals surface area contributed by atoms with Gasteiger partial charge in [0.15, 0.2) is 9.84 Å². The Morgan fingerprint density at radius 2 is 1.95 bits per heavy atom. The number of pyridine rings is 1. The Bertz CT molecular complexity index is 1560. The number of sulfone groups is 1. The van der Waals surface area contributed by atoms with Crippen LogP contribution in [0.15, 0.2) is 77.6 Å². The zero-order chi connectivity index (χ0) is 27.1. The van der Waals surface area contributed by atoms with Gasteiger partial charge in [-0.2, -0.15) is 0 Å². The number of nitrogens with zero attached hydrogens (tertiary/aromatic N) is 4. The van der Waals surface area contributed by atoms with Gasteiger partial charge in [-0.1, -0.05) is 29.4 Å². The van der Waals surface area contributed by atoms with Gasteiger partial charge in [-0.3, -0.25) is 9.78 Å². The molecule has 3 heterocycles. The first kappa shape index (κ1) is 26.8. The van der Waals surface area contributed by atoms with Crippen molar-refractivity contribution in [3.63, 3.8) is 0 Å². The molecule has 0 aliphatic heterocycles. The molecule has 0 radical (unpaired) electrons. The minimum atomic E-state index is -3.36. The fourth-order valence-corrected chi connectivity index (χ4v) is 4.20. The molecule has 0 aliphatic rings. The molecule has 2 N–H and O–H groups in total. The van der Waals surface area contributed by atoms with Crippen LogP contribution in [0.3, 0.4) is 0 Å². The summed E-state index contributed by atoms with van der Waals surface area (Å²) in [4.78, 5) is 24.9. The van der Waals surface area contributed by atoms with Crippen LogP contribution in [0.25, 0.3) is 11.6 Å². The summed E-state index contributed by atoms with van der Waals surface area (Å²) in [5.74, 6) is 0.535. The smallest absolute Gasteiger partial charge is 0.247 e. The molecule has 1 amide bonds. The molecule has 3 aromatic heterocycles. The Kier molecular flexibility index (Phi) is 8.34. The highest BCUT2D eigenvalue weighted by atomic mass is 35.5. The first-order valence-corrected chi connectivity index (χ1v) is 13.6. The highest BCUT2D eigenvalue weighted by Gasteiger charge is 2.15. The number of hydrogen-bond donors (Lipinski definition) is 2. The number of carbonyl (C=O) groups is 1. The molecule has 0 saturated heterocycles. The van der Waals surface area contributed by atoms with E-state index in [1.165, 1.54) is 0 Å². The predicted molar refractivity (Wildman–Crippen MR) is 142 cm³/mol. The standard InChI is InChI=1S/C25H23ClN6O5S/c1-16(15-38(2,34)35)25(33)29-13-19-12-22(37-32-19)24-28-10-8-23(31-24)30-17-6-7-21(20(26)11-17)36-14-18-5-3-4-9-27-18/h3-12H,1,13-15H2,2H3,(H,29,33)(H,28,30,31). The zero-order valence-electron chi connectivity index (χ0n) is 20.2. The normalized spacial score (nSPS) is 11.1. The molecule has 13 heteroatoms. The van der Waals surface area contributed by atoms with Crippen LogP contribution in [0, 0.1) is 0 Å². The van der Waals surface area contributed by atoms with E-state index in [9.17, 15) is 13.2 Å². The molecule has 0 bridgehead atoms. The van der Waals surface area contributed by atoms with Crippen molar-refractivity contribution in [1.82, 2.24) is 25.4 Å². The van der Waals surface area contributed by atoms with Crippen LogP contribution in [-0.2, 0) is 27.8 Å². The van der Waals surface area contributed by atoms with E-state index in [2.05, 4.69) is 37.3 Å². The van der Waals surface area contributed by atoms with Gasteiger partial charge >= 0.3 is 0 Å². The molecule has 0 spiro atoms. The fourth-order valence-electron chi connectivity index (χ4n) is 3.20. The third kappa shape index (κ3) is 7.60. The highest BCUT2D eigenvalue weighted by molar-refractivity contribution is 7.90. The highest BCUT2D eigenvalue weighted by Crippen LogP contribution is 2.29. The van der Waals surface area contributed by atoms with Gasteiger partial charge in [0.05, 0.1) is 23.0 Å². The molecule has 0 saturated carbocycles. The van der Waals surface area contributed by atoms with Crippen LogP contribution in [-0.4, -0.2) is 46.4 Å². The predicted octanol–water partition coefficient (Wildman–Crippen LogP) is 3.72. The van der Waals surface area contributed by atoms with Crippen molar-refractivity contribution in [2.75, 3.05) is 17.3 Å². The minimum Gasteiger partial charge on any atom is -0.486 e. The van der Waals surface area contributed by atoms with E-state index in [1.807, 2.05) is 18.2 Å². The molecular formula is C25H23ClN6O5S. The van der Waals surface area contributed by atoms with Crippen molar-refractivity contribution in [3.8, 4) is 17.3 Å². The Balaban J connectivity index is 1.36. The van der Waals surface area contributed by atoms with Crippen LogP contribution in [0.2, 0.25) is 5.02 Å². The first-order chi connectivity index (χ1) is 18.2. The van der Waals surface area contributed by atoms with Crippen molar-refractivity contribution < 1.29 is 22.5 Å². The quantitative estimate of drug-likeness (QED) is 0.263. The molecule has 0 aliphatic carbocycles. The average Bonchev–Trinajstić information content (AvgIpc) is 3.36. The van der Waals surface area contributed by atoms with E-state index in [4.69, 9.17) is 20.9 Å². The third-order valence-electron chi connectivity index (χ3n) is 4.93. The van der Waals surface area contributed by atoms with Gasteiger partial charge in [0, 0.05) is 36.0 Å². The van der Waals surface area contributed by atoms with E-state index in [1.54, 1.807) is 42.7 Å². The molecule has 38 heavy (non-hydrogen) atoms. The monoisotopic (exact) mass is 554 g/mol. The molecule has 196 valence electrons. The Morgan fingerprint density at radius 3 is 2.68 bits per heavy atom. The number of halogens is 1. The van der Waals surface area contributed by atoms with Gasteiger partial charge in [-0.25, -0.2) is 18.4 Å². The Morgan fingerprint density at radius 1 is 1.11 bits per heavy atom. The van der Waals surface area contributed by atoms with Gasteiger partial charge in [-0.15, -0.1) is 0 Å². The number of benzene rings is 1. The minimum absolute atomic E-state index is 0.0102. The summed E-state index contributed by atoms with van der Waals surface area (Å²) in [7, 11) is -3.36. The summed E-state index contributed by atoms with van der Waals surface area (Å²) in [6.07, 6.45) is 4.28. The summed E-state index contributed by atoms with van der Waals surface area (Å²) in [6, 6.07) is 14.1. The summed E-state index contributed by atoms with van der Waals surface area (Å²) in [6.45, 7) is 3.80. The molecule has 4 rings (SSSR count). The number of amides is 1. The maximum absolute atomic E-state index is 12.0. The Labute approximate surface area is 223 Å². The Hall–Kier alpha value is -4.29. The number of rotatable bonds is 11. The van der Waals surface area contributed by atoms with Crippen molar-refractivity contribution in [2.24, 2.45) is 0 Å². The summed E-state index contributed by atoms with van der Waals surface area (Å²) < 4.78 is 33.7. The van der Waals surface area contributed by atoms with E-state index >= 15 is 0 Å². The van der Waals surface area contributed by atoms with Gasteiger partial charge in [0.2, 0.25) is 17.5 Å². The number of aromatic nitrogens is 4. The fraction of sp³-hybridized carbons (Fsp3) is 0.160. The lowest BCUT2D eigenvalue weighted by molar-refractivity contribution is -0.117. The van der Waals surface area contributed by atoms with Gasteiger partial charge < -0.3 is 19.9 Å². The third-order valence-corrected chi connectivity index (χ3v) is 6.10. The number of ether oxygens (including phenoxy) is 1. The average molecular weight is 555 g/mol.